The summed E-state index contributed by atoms with van der Waals surface area (Å²) in [4.78, 5) is 32.4. The van der Waals surface area contributed by atoms with Crippen molar-refractivity contribution in [2.45, 2.75) is 39.3 Å². The first kappa shape index (κ1) is 20.3. The Morgan fingerprint density at radius 3 is 2.77 bits per heavy atom. The Bertz CT molecular complexity index is 1090. The van der Waals surface area contributed by atoms with E-state index in [-0.39, 0.29) is 5.91 Å². The summed E-state index contributed by atoms with van der Waals surface area (Å²) < 4.78 is 1.25. The third-order valence-corrected chi connectivity index (χ3v) is 7.34. The normalized spacial score (nSPS) is 18.3. The van der Waals surface area contributed by atoms with Crippen LogP contribution in [0.5, 0.6) is 0 Å². The molecule has 2 aliphatic rings. The average molecular weight is 437 g/mol. The van der Waals surface area contributed by atoms with Gasteiger partial charge in [-0.3, -0.25) is 9.69 Å². The molecule has 0 spiro atoms. The molecule has 0 saturated carbocycles. The van der Waals surface area contributed by atoms with Gasteiger partial charge in [-0.25, -0.2) is 15.0 Å². The van der Waals surface area contributed by atoms with Crippen molar-refractivity contribution in [3.63, 3.8) is 0 Å². The number of aromatic nitrogens is 3. The molecule has 4 heterocycles. The fourth-order valence-corrected chi connectivity index (χ4v) is 5.41. The standard InChI is InChI=1S/C23H28N6OS/c1-3-21(17-4-5-22-20(12-17)25-15-31-22)27-8-10-28(11-9-27)23-24-13-18-14-29(16(2)30)7-6-19(18)26-23/h4-5,12-13,15,21H,3,6-11,14H2,1-2H3. The zero-order valence-corrected chi connectivity index (χ0v) is 18.9. The Kier molecular flexibility index (Phi) is 5.58. The molecule has 0 bridgehead atoms. The minimum atomic E-state index is 0.116. The predicted octanol–water partition coefficient (Wildman–Crippen LogP) is 3.26. The third kappa shape index (κ3) is 4.02. The van der Waals surface area contributed by atoms with Gasteiger partial charge in [0.25, 0.3) is 0 Å². The predicted molar refractivity (Wildman–Crippen MR) is 123 cm³/mol. The molecule has 3 aromatic rings. The minimum absolute atomic E-state index is 0.116. The van der Waals surface area contributed by atoms with Gasteiger partial charge in [-0.2, -0.15) is 0 Å². The third-order valence-electron chi connectivity index (χ3n) is 6.53. The monoisotopic (exact) mass is 436 g/mol. The first-order valence-corrected chi connectivity index (χ1v) is 11.9. The molecule has 5 rings (SSSR count). The summed E-state index contributed by atoms with van der Waals surface area (Å²) in [6.07, 6.45) is 3.80. The zero-order chi connectivity index (χ0) is 21.4. The molecular weight excluding hydrogens is 408 g/mol. The molecular formula is C23H28N6OS. The highest BCUT2D eigenvalue weighted by atomic mass is 32.1. The van der Waals surface area contributed by atoms with Gasteiger partial charge in [-0.05, 0) is 24.1 Å². The Hall–Kier alpha value is -2.58. The Labute approximate surface area is 186 Å². The maximum absolute atomic E-state index is 11.7. The van der Waals surface area contributed by atoms with Crippen LogP contribution in [0.2, 0.25) is 0 Å². The molecule has 8 heteroatoms. The maximum Gasteiger partial charge on any atom is 0.225 e. The van der Waals surface area contributed by atoms with Crippen LogP contribution in [-0.4, -0.2) is 63.4 Å². The van der Waals surface area contributed by atoms with Crippen LogP contribution in [0.15, 0.2) is 29.9 Å². The van der Waals surface area contributed by atoms with E-state index in [1.807, 2.05) is 16.6 Å². The van der Waals surface area contributed by atoms with E-state index >= 15 is 0 Å². The van der Waals surface area contributed by atoms with Crippen molar-refractivity contribution < 1.29 is 4.79 Å². The number of hydrogen-bond acceptors (Lipinski definition) is 7. The average Bonchev–Trinajstić information content (AvgIpc) is 3.27. The van der Waals surface area contributed by atoms with Gasteiger partial charge in [0.15, 0.2) is 0 Å². The smallest absolute Gasteiger partial charge is 0.225 e. The lowest BCUT2D eigenvalue weighted by Gasteiger charge is -2.39. The molecule has 1 unspecified atom stereocenters. The van der Waals surface area contributed by atoms with Crippen LogP contribution >= 0.6 is 11.3 Å². The van der Waals surface area contributed by atoms with Gasteiger partial charge in [-0.1, -0.05) is 13.0 Å². The summed E-state index contributed by atoms with van der Waals surface area (Å²) in [6, 6.07) is 7.13. The van der Waals surface area contributed by atoms with Crippen molar-refractivity contribution in [3.8, 4) is 0 Å². The molecule has 0 radical (unpaired) electrons. The second kappa shape index (κ2) is 8.51. The number of nitrogens with zero attached hydrogens (tertiary/aromatic N) is 6. The zero-order valence-electron chi connectivity index (χ0n) is 18.1. The molecule has 1 amide bonds. The molecule has 1 saturated heterocycles. The van der Waals surface area contributed by atoms with Crippen LogP contribution in [-0.2, 0) is 17.8 Å². The van der Waals surface area contributed by atoms with Crippen LogP contribution < -0.4 is 4.90 Å². The molecule has 1 aromatic carbocycles. The van der Waals surface area contributed by atoms with E-state index in [1.165, 1.54) is 10.3 Å². The Balaban J connectivity index is 1.26. The number of fused-ring (bicyclic) bond motifs is 2. The van der Waals surface area contributed by atoms with E-state index < -0.39 is 0 Å². The van der Waals surface area contributed by atoms with Crippen molar-refractivity contribution in [3.05, 3.63) is 46.7 Å². The molecule has 0 N–H and O–H groups in total. The van der Waals surface area contributed by atoms with E-state index in [4.69, 9.17) is 4.98 Å². The van der Waals surface area contributed by atoms with Crippen molar-refractivity contribution >= 4 is 33.4 Å². The highest BCUT2D eigenvalue weighted by Gasteiger charge is 2.27. The van der Waals surface area contributed by atoms with Crippen molar-refractivity contribution in [1.29, 1.82) is 0 Å². The first-order valence-electron chi connectivity index (χ1n) is 11.0. The molecule has 7 nitrogen and oxygen atoms in total. The van der Waals surface area contributed by atoms with Gasteiger partial charge in [0.1, 0.15) is 0 Å². The first-order chi connectivity index (χ1) is 15.1. The number of piperazine rings is 1. The summed E-state index contributed by atoms with van der Waals surface area (Å²) in [5.74, 6) is 0.942. The van der Waals surface area contributed by atoms with E-state index in [0.29, 0.717) is 12.6 Å². The number of thiazole rings is 1. The lowest BCUT2D eigenvalue weighted by molar-refractivity contribution is -0.129. The molecule has 0 aliphatic carbocycles. The van der Waals surface area contributed by atoms with Crippen LogP contribution in [0.1, 0.15) is 43.1 Å². The quantitative estimate of drug-likeness (QED) is 0.626. The number of carbonyl (C=O) groups is 1. The Morgan fingerprint density at radius 2 is 2.00 bits per heavy atom. The summed E-state index contributed by atoms with van der Waals surface area (Å²) in [5.41, 5.74) is 6.55. The van der Waals surface area contributed by atoms with E-state index in [1.54, 1.807) is 18.3 Å². The summed E-state index contributed by atoms with van der Waals surface area (Å²) in [5, 5.41) is 0. The van der Waals surface area contributed by atoms with Crippen molar-refractivity contribution in [2.24, 2.45) is 0 Å². The summed E-state index contributed by atoms with van der Waals surface area (Å²) in [7, 11) is 0. The van der Waals surface area contributed by atoms with Crippen molar-refractivity contribution in [1.82, 2.24) is 24.8 Å². The van der Waals surface area contributed by atoms with Crippen LogP contribution in [0.4, 0.5) is 5.95 Å². The summed E-state index contributed by atoms with van der Waals surface area (Å²) >= 11 is 1.70. The largest absolute Gasteiger partial charge is 0.338 e. The van der Waals surface area contributed by atoms with Gasteiger partial charge in [0, 0.05) is 70.4 Å². The van der Waals surface area contributed by atoms with Gasteiger partial charge in [-0.15, -0.1) is 11.3 Å². The van der Waals surface area contributed by atoms with Gasteiger partial charge in [0.05, 0.1) is 21.4 Å². The highest BCUT2D eigenvalue weighted by Crippen LogP contribution is 2.29. The van der Waals surface area contributed by atoms with E-state index in [2.05, 4.69) is 44.9 Å². The molecule has 31 heavy (non-hydrogen) atoms. The molecule has 162 valence electrons. The van der Waals surface area contributed by atoms with Gasteiger partial charge in [0.2, 0.25) is 11.9 Å². The van der Waals surface area contributed by atoms with Crippen molar-refractivity contribution in [2.75, 3.05) is 37.6 Å². The number of rotatable bonds is 4. The number of benzene rings is 1. The number of hydrogen-bond donors (Lipinski definition) is 0. The topological polar surface area (TPSA) is 65.5 Å². The van der Waals surface area contributed by atoms with Gasteiger partial charge >= 0.3 is 0 Å². The van der Waals surface area contributed by atoms with E-state index in [0.717, 1.165) is 68.3 Å². The molecule has 2 aliphatic heterocycles. The minimum Gasteiger partial charge on any atom is -0.338 e. The van der Waals surface area contributed by atoms with E-state index in [9.17, 15) is 4.79 Å². The summed E-state index contributed by atoms with van der Waals surface area (Å²) in [6.45, 7) is 9.09. The van der Waals surface area contributed by atoms with Gasteiger partial charge < -0.3 is 9.80 Å². The number of amides is 1. The second-order valence-electron chi connectivity index (χ2n) is 8.36. The second-order valence-corrected chi connectivity index (χ2v) is 9.25. The van der Waals surface area contributed by atoms with Crippen LogP contribution in [0.3, 0.4) is 0 Å². The molecule has 1 fully saturated rings. The molecule has 1 atom stereocenters. The maximum atomic E-state index is 11.7. The Morgan fingerprint density at radius 1 is 1.16 bits per heavy atom. The van der Waals surface area contributed by atoms with Crippen LogP contribution in [0, 0.1) is 0 Å². The molecule has 2 aromatic heterocycles. The van der Waals surface area contributed by atoms with Crippen LogP contribution in [0.25, 0.3) is 10.2 Å². The lowest BCUT2D eigenvalue weighted by Crippen LogP contribution is -2.48. The fraction of sp³-hybridized carbons (Fsp3) is 0.478. The lowest BCUT2D eigenvalue weighted by atomic mass is 10.0. The number of carbonyl (C=O) groups excluding carboxylic acids is 1. The SMILES string of the molecule is CCC(c1ccc2scnc2c1)N1CCN(c2ncc3c(n2)CCN(C(C)=O)C3)CC1. The number of anilines is 1. The fourth-order valence-electron chi connectivity index (χ4n) is 4.75. The highest BCUT2D eigenvalue weighted by molar-refractivity contribution is 7.16.